The molecule has 148 valence electrons. The molecule has 28 heavy (non-hydrogen) atoms. The van der Waals surface area contributed by atoms with Gasteiger partial charge in [-0.2, -0.15) is 5.10 Å². The topological polar surface area (TPSA) is 70.6 Å². The first kappa shape index (κ1) is 21.4. The summed E-state index contributed by atoms with van der Waals surface area (Å²) in [5.41, 5.74) is 5.73. The Balaban J connectivity index is 2.00. The predicted octanol–water partition coefficient (Wildman–Crippen LogP) is 5.14. The van der Waals surface area contributed by atoms with Gasteiger partial charge in [0.15, 0.2) is 0 Å². The molecule has 0 aliphatic rings. The number of unbranched alkanes of at least 4 members (excludes halogenated alkanes) is 2. The molecule has 0 bridgehead atoms. The Labute approximate surface area is 167 Å². The first-order valence-electron chi connectivity index (χ1n) is 9.96. The van der Waals surface area contributed by atoms with Gasteiger partial charge in [-0.1, -0.05) is 57.0 Å². The summed E-state index contributed by atoms with van der Waals surface area (Å²) in [7, 11) is 0. The van der Waals surface area contributed by atoms with Gasteiger partial charge in [-0.3, -0.25) is 9.59 Å². The highest BCUT2D eigenvalue weighted by atomic mass is 16.2. The summed E-state index contributed by atoms with van der Waals surface area (Å²) < 4.78 is 0. The zero-order chi connectivity index (χ0) is 20.2. The van der Waals surface area contributed by atoms with Gasteiger partial charge in [0.2, 0.25) is 5.91 Å². The van der Waals surface area contributed by atoms with Crippen molar-refractivity contribution in [3.8, 4) is 0 Å². The van der Waals surface area contributed by atoms with Crippen LogP contribution in [0.5, 0.6) is 0 Å². The Morgan fingerprint density at radius 2 is 1.46 bits per heavy atom. The Morgan fingerprint density at radius 1 is 0.821 bits per heavy atom. The van der Waals surface area contributed by atoms with E-state index >= 15 is 0 Å². The first-order valence-corrected chi connectivity index (χ1v) is 9.96. The Hall–Kier alpha value is -2.95. The molecule has 0 atom stereocenters. The molecule has 2 N–H and O–H groups in total. The van der Waals surface area contributed by atoms with Gasteiger partial charge >= 0.3 is 0 Å². The van der Waals surface area contributed by atoms with Crippen LogP contribution in [0.2, 0.25) is 0 Å². The van der Waals surface area contributed by atoms with E-state index in [4.69, 9.17) is 0 Å². The van der Waals surface area contributed by atoms with Gasteiger partial charge in [0.05, 0.1) is 5.71 Å². The smallest absolute Gasteiger partial charge is 0.271 e. The van der Waals surface area contributed by atoms with Gasteiger partial charge in [-0.25, -0.2) is 5.43 Å². The van der Waals surface area contributed by atoms with E-state index in [-0.39, 0.29) is 11.8 Å². The van der Waals surface area contributed by atoms with Gasteiger partial charge in [0.25, 0.3) is 5.91 Å². The molecule has 0 saturated heterocycles. The molecule has 0 heterocycles. The van der Waals surface area contributed by atoms with Crippen molar-refractivity contribution in [1.29, 1.82) is 0 Å². The molecule has 2 rings (SSSR count). The van der Waals surface area contributed by atoms with Gasteiger partial charge in [-0.15, -0.1) is 0 Å². The summed E-state index contributed by atoms with van der Waals surface area (Å²) in [6, 6.07) is 16.7. The second-order valence-corrected chi connectivity index (χ2v) is 6.70. The first-order chi connectivity index (χ1) is 13.6. The zero-order valence-electron chi connectivity index (χ0n) is 16.7. The molecule has 0 aliphatic heterocycles. The van der Waals surface area contributed by atoms with Crippen LogP contribution in [0.4, 0.5) is 5.69 Å². The number of carbonyl (C=O) groups is 2. The van der Waals surface area contributed by atoms with Gasteiger partial charge in [0, 0.05) is 17.7 Å². The van der Waals surface area contributed by atoms with Crippen molar-refractivity contribution in [1.82, 2.24) is 5.43 Å². The molecule has 2 aromatic carbocycles. The van der Waals surface area contributed by atoms with Gasteiger partial charge < -0.3 is 5.32 Å². The molecule has 0 saturated carbocycles. The molecule has 0 aromatic heterocycles. The highest BCUT2D eigenvalue weighted by molar-refractivity contribution is 6.02. The molecular weight excluding hydrogens is 350 g/mol. The van der Waals surface area contributed by atoms with E-state index < -0.39 is 0 Å². The minimum absolute atomic E-state index is 0.00733. The summed E-state index contributed by atoms with van der Waals surface area (Å²) >= 11 is 0. The van der Waals surface area contributed by atoms with Crippen LogP contribution in [0.3, 0.4) is 0 Å². The van der Waals surface area contributed by atoms with Crippen molar-refractivity contribution in [3.63, 3.8) is 0 Å². The van der Waals surface area contributed by atoms with E-state index in [1.54, 1.807) is 24.3 Å². The molecule has 0 fully saturated rings. The fourth-order valence-electron chi connectivity index (χ4n) is 2.69. The summed E-state index contributed by atoms with van der Waals surface area (Å²) in [4.78, 5) is 24.2. The average Bonchev–Trinajstić information content (AvgIpc) is 2.73. The number of hydrazone groups is 1. The van der Waals surface area contributed by atoms with E-state index in [0.717, 1.165) is 43.4 Å². The number of benzene rings is 2. The summed E-state index contributed by atoms with van der Waals surface area (Å²) in [6.45, 7) is 4.18. The van der Waals surface area contributed by atoms with Crippen LogP contribution in [-0.4, -0.2) is 17.5 Å². The SMILES string of the molecule is CCCCC(=O)Nc1ccc(C(=O)NN=C(CCCC)c2ccccc2)cc1. The van der Waals surface area contributed by atoms with Gasteiger partial charge in [-0.05, 0) is 49.1 Å². The third-order valence-electron chi connectivity index (χ3n) is 4.35. The summed E-state index contributed by atoms with van der Waals surface area (Å²) in [5, 5.41) is 7.20. The Bertz CT molecular complexity index is 783. The lowest BCUT2D eigenvalue weighted by molar-refractivity contribution is -0.116. The third-order valence-corrected chi connectivity index (χ3v) is 4.35. The predicted molar refractivity (Wildman–Crippen MR) is 115 cm³/mol. The van der Waals surface area contributed by atoms with Crippen molar-refractivity contribution < 1.29 is 9.59 Å². The molecule has 0 radical (unpaired) electrons. The summed E-state index contributed by atoms with van der Waals surface area (Å²) in [6.07, 6.45) is 5.24. The monoisotopic (exact) mass is 379 g/mol. The molecule has 0 aliphatic carbocycles. The molecule has 2 aromatic rings. The lowest BCUT2D eigenvalue weighted by atomic mass is 10.1. The van der Waals surface area contributed by atoms with E-state index in [1.165, 1.54) is 0 Å². The number of amides is 2. The van der Waals surface area contributed by atoms with Crippen molar-refractivity contribution >= 4 is 23.2 Å². The van der Waals surface area contributed by atoms with Crippen LogP contribution in [0, 0.1) is 0 Å². The number of rotatable bonds is 10. The normalized spacial score (nSPS) is 11.1. The molecule has 2 amide bonds. The minimum Gasteiger partial charge on any atom is -0.326 e. The molecule has 0 unspecified atom stereocenters. The Kier molecular flexibility index (Phi) is 8.92. The van der Waals surface area contributed by atoms with Crippen LogP contribution >= 0.6 is 0 Å². The van der Waals surface area contributed by atoms with Crippen molar-refractivity contribution in [3.05, 3.63) is 65.7 Å². The fraction of sp³-hybridized carbons (Fsp3) is 0.348. The average molecular weight is 380 g/mol. The van der Waals surface area contributed by atoms with Crippen LogP contribution in [0.1, 0.15) is 68.3 Å². The third kappa shape index (κ3) is 6.99. The van der Waals surface area contributed by atoms with Crippen LogP contribution in [0.25, 0.3) is 0 Å². The maximum absolute atomic E-state index is 12.4. The highest BCUT2D eigenvalue weighted by Gasteiger charge is 2.08. The van der Waals surface area contributed by atoms with Crippen molar-refractivity contribution in [2.75, 3.05) is 5.32 Å². The second-order valence-electron chi connectivity index (χ2n) is 6.70. The van der Waals surface area contributed by atoms with Crippen LogP contribution in [-0.2, 0) is 4.79 Å². The maximum atomic E-state index is 12.4. The van der Waals surface area contributed by atoms with E-state index in [9.17, 15) is 9.59 Å². The lowest BCUT2D eigenvalue weighted by Crippen LogP contribution is -2.20. The number of nitrogens with zero attached hydrogens (tertiary/aromatic N) is 1. The second kappa shape index (κ2) is 11.7. The largest absolute Gasteiger partial charge is 0.326 e. The van der Waals surface area contributed by atoms with E-state index in [0.29, 0.717) is 17.7 Å². The number of hydrogen-bond acceptors (Lipinski definition) is 3. The number of carbonyl (C=O) groups excluding carboxylic acids is 2. The molecule has 0 spiro atoms. The minimum atomic E-state index is -0.270. The van der Waals surface area contributed by atoms with Gasteiger partial charge in [0.1, 0.15) is 0 Å². The van der Waals surface area contributed by atoms with E-state index in [1.807, 2.05) is 30.3 Å². The fourth-order valence-corrected chi connectivity index (χ4v) is 2.69. The molecule has 5 heteroatoms. The highest BCUT2D eigenvalue weighted by Crippen LogP contribution is 2.12. The summed E-state index contributed by atoms with van der Waals surface area (Å²) in [5.74, 6) is -0.277. The standard InChI is InChI=1S/C23H29N3O2/c1-3-5-12-21(18-10-8-7-9-11-18)25-26-23(28)19-14-16-20(17-15-19)24-22(27)13-6-4-2/h7-11,14-17H,3-6,12-13H2,1-2H3,(H,24,27)(H,26,28). The molecule has 5 nitrogen and oxygen atoms in total. The lowest BCUT2D eigenvalue weighted by Gasteiger charge is -2.08. The number of hydrogen-bond donors (Lipinski definition) is 2. The zero-order valence-corrected chi connectivity index (χ0v) is 16.7. The molecular formula is C23H29N3O2. The van der Waals surface area contributed by atoms with Crippen LogP contribution < -0.4 is 10.7 Å². The van der Waals surface area contributed by atoms with Crippen molar-refractivity contribution in [2.45, 2.75) is 52.4 Å². The van der Waals surface area contributed by atoms with Crippen LogP contribution in [0.15, 0.2) is 59.7 Å². The maximum Gasteiger partial charge on any atom is 0.271 e. The number of nitrogens with one attached hydrogen (secondary N) is 2. The van der Waals surface area contributed by atoms with Crippen molar-refractivity contribution in [2.24, 2.45) is 5.10 Å². The Morgan fingerprint density at radius 3 is 2.11 bits per heavy atom. The quantitative estimate of drug-likeness (QED) is 0.443. The number of anilines is 1. The van der Waals surface area contributed by atoms with E-state index in [2.05, 4.69) is 29.7 Å².